The van der Waals surface area contributed by atoms with Crippen molar-refractivity contribution in [3.8, 4) is 5.69 Å². The topological polar surface area (TPSA) is 84.3 Å². The Morgan fingerprint density at radius 1 is 1.11 bits per heavy atom. The van der Waals surface area contributed by atoms with E-state index in [2.05, 4.69) is 10.3 Å². The Labute approximate surface area is 165 Å². The molecule has 1 aliphatic rings. The molecule has 28 heavy (non-hydrogen) atoms. The van der Waals surface area contributed by atoms with Crippen LogP contribution < -0.4 is 15.8 Å². The lowest BCUT2D eigenvalue weighted by molar-refractivity contribution is -0.121. The van der Waals surface area contributed by atoms with Gasteiger partial charge in [0.05, 0.1) is 5.51 Å². The number of carbonyl (C=O) groups is 2. The van der Waals surface area contributed by atoms with Crippen LogP contribution in [0.4, 0.5) is 5.69 Å². The number of rotatable bonds is 4. The lowest BCUT2D eigenvalue weighted by Crippen LogP contribution is -2.52. The summed E-state index contributed by atoms with van der Waals surface area (Å²) in [5.74, 6) is -0.472. The number of amides is 2. The van der Waals surface area contributed by atoms with Crippen molar-refractivity contribution in [2.45, 2.75) is 18.9 Å². The molecule has 2 amide bonds. The van der Waals surface area contributed by atoms with Gasteiger partial charge < -0.3 is 10.2 Å². The lowest BCUT2D eigenvalue weighted by atomic mass is 10.0. The first kappa shape index (κ1) is 18.1. The number of carbonyl (C=O) groups excluding carboxylic acids is 2. The maximum absolute atomic E-state index is 12.9. The van der Waals surface area contributed by atoms with E-state index < -0.39 is 6.04 Å². The Balaban J connectivity index is 1.51. The summed E-state index contributed by atoms with van der Waals surface area (Å²) in [6.45, 7) is 0.590. The Morgan fingerprint density at radius 3 is 2.61 bits per heavy atom. The number of hydrogen-bond donors (Lipinski definition) is 1. The number of nitrogens with one attached hydrogen (secondary N) is 1. The molecule has 1 saturated heterocycles. The molecule has 0 aliphatic carbocycles. The summed E-state index contributed by atoms with van der Waals surface area (Å²) >= 11 is 1.34. The van der Waals surface area contributed by atoms with Gasteiger partial charge in [-0.15, -0.1) is 11.3 Å². The number of benzene rings is 1. The van der Waals surface area contributed by atoms with Gasteiger partial charge in [0.25, 0.3) is 11.5 Å². The van der Waals surface area contributed by atoms with Gasteiger partial charge in [-0.25, -0.2) is 4.98 Å². The quantitative estimate of drug-likeness (QED) is 0.735. The molecule has 1 aliphatic heterocycles. The van der Waals surface area contributed by atoms with E-state index in [1.165, 1.54) is 17.4 Å². The summed E-state index contributed by atoms with van der Waals surface area (Å²) < 4.78 is 1.54. The number of thiazole rings is 1. The molecule has 2 aromatic heterocycles. The second kappa shape index (κ2) is 7.77. The molecule has 1 N–H and O–H groups in total. The molecule has 142 valence electrons. The van der Waals surface area contributed by atoms with Gasteiger partial charge in [-0.3, -0.25) is 19.0 Å². The molecule has 7 nitrogen and oxygen atoms in total. The Morgan fingerprint density at radius 2 is 1.89 bits per heavy atom. The number of hydrogen-bond acceptors (Lipinski definition) is 5. The zero-order valence-corrected chi connectivity index (χ0v) is 15.8. The molecule has 4 rings (SSSR count). The monoisotopic (exact) mass is 394 g/mol. The highest BCUT2D eigenvalue weighted by atomic mass is 32.1. The summed E-state index contributed by atoms with van der Waals surface area (Å²) in [7, 11) is 0. The molecule has 3 aromatic rings. The first-order chi connectivity index (χ1) is 13.6. The van der Waals surface area contributed by atoms with Gasteiger partial charge in [0, 0.05) is 35.6 Å². The van der Waals surface area contributed by atoms with Crippen LogP contribution in [-0.2, 0) is 4.79 Å². The summed E-state index contributed by atoms with van der Waals surface area (Å²) in [5, 5.41) is 4.44. The van der Waals surface area contributed by atoms with Crippen LogP contribution in [0, 0.1) is 0 Å². The number of nitrogens with zero attached hydrogens (tertiary/aromatic N) is 3. The van der Waals surface area contributed by atoms with E-state index in [1.54, 1.807) is 38.7 Å². The van der Waals surface area contributed by atoms with E-state index >= 15 is 0 Å². The van der Waals surface area contributed by atoms with E-state index in [0.717, 1.165) is 17.8 Å². The SMILES string of the molecule is O=C(NC1CCCN(c2ccc(-n3ccccc3=O)cc2)C1=O)c1cscn1. The summed E-state index contributed by atoms with van der Waals surface area (Å²) in [6, 6.07) is 11.7. The minimum Gasteiger partial charge on any atom is -0.339 e. The van der Waals surface area contributed by atoms with E-state index in [4.69, 9.17) is 0 Å². The lowest BCUT2D eigenvalue weighted by Gasteiger charge is -2.32. The third kappa shape index (κ3) is 3.59. The van der Waals surface area contributed by atoms with Crippen LogP contribution in [0.15, 0.2) is 64.3 Å². The van der Waals surface area contributed by atoms with Gasteiger partial charge in [-0.05, 0) is 43.2 Å². The van der Waals surface area contributed by atoms with Crippen LogP contribution in [0.5, 0.6) is 0 Å². The van der Waals surface area contributed by atoms with Crippen molar-refractivity contribution in [2.75, 3.05) is 11.4 Å². The van der Waals surface area contributed by atoms with E-state index in [1.807, 2.05) is 24.3 Å². The predicted molar refractivity (Wildman–Crippen MR) is 107 cm³/mol. The Kier molecular flexibility index (Phi) is 5.03. The molecule has 8 heteroatoms. The summed E-state index contributed by atoms with van der Waals surface area (Å²) in [5.41, 5.74) is 3.27. The number of pyridine rings is 1. The molecule has 1 aromatic carbocycles. The maximum Gasteiger partial charge on any atom is 0.271 e. The second-order valence-electron chi connectivity index (χ2n) is 6.46. The third-order valence-electron chi connectivity index (χ3n) is 4.67. The average Bonchev–Trinajstić information content (AvgIpc) is 3.25. The molecule has 0 radical (unpaired) electrons. The third-order valence-corrected chi connectivity index (χ3v) is 5.26. The first-order valence-electron chi connectivity index (χ1n) is 8.92. The van der Waals surface area contributed by atoms with Gasteiger partial charge in [-0.1, -0.05) is 6.07 Å². The number of anilines is 1. The summed E-state index contributed by atoms with van der Waals surface area (Å²) in [4.78, 5) is 42.7. The molecule has 3 heterocycles. The number of aromatic nitrogens is 2. The van der Waals surface area contributed by atoms with E-state index in [0.29, 0.717) is 18.7 Å². The highest BCUT2D eigenvalue weighted by molar-refractivity contribution is 7.07. The fraction of sp³-hybridized carbons (Fsp3) is 0.200. The van der Waals surface area contributed by atoms with Gasteiger partial charge in [-0.2, -0.15) is 0 Å². The molecule has 1 unspecified atom stereocenters. The normalized spacial score (nSPS) is 16.8. The molecular weight excluding hydrogens is 376 g/mol. The zero-order valence-electron chi connectivity index (χ0n) is 14.9. The van der Waals surface area contributed by atoms with Gasteiger partial charge in [0.1, 0.15) is 11.7 Å². The van der Waals surface area contributed by atoms with Crippen molar-refractivity contribution in [1.29, 1.82) is 0 Å². The van der Waals surface area contributed by atoms with Crippen molar-refractivity contribution in [3.63, 3.8) is 0 Å². The van der Waals surface area contributed by atoms with Crippen molar-refractivity contribution in [2.24, 2.45) is 0 Å². The minimum atomic E-state index is -0.570. The summed E-state index contributed by atoms with van der Waals surface area (Å²) in [6.07, 6.45) is 3.09. The highest BCUT2D eigenvalue weighted by Gasteiger charge is 2.31. The molecule has 0 spiro atoms. The Hall–Kier alpha value is -3.26. The molecule has 0 bridgehead atoms. The fourth-order valence-electron chi connectivity index (χ4n) is 3.26. The Bertz CT molecular complexity index is 1040. The molecule has 1 fully saturated rings. The van der Waals surface area contributed by atoms with Gasteiger partial charge in [0.2, 0.25) is 5.91 Å². The van der Waals surface area contributed by atoms with Crippen LogP contribution in [0.3, 0.4) is 0 Å². The smallest absolute Gasteiger partial charge is 0.271 e. The molecule has 0 saturated carbocycles. The van der Waals surface area contributed by atoms with E-state index in [-0.39, 0.29) is 17.4 Å². The van der Waals surface area contributed by atoms with Crippen molar-refractivity contribution in [3.05, 3.63) is 75.6 Å². The minimum absolute atomic E-state index is 0.117. The van der Waals surface area contributed by atoms with Crippen LogP contribution in [-0.4, -0.2) is 34.0 Å². The maximum atomic E-state index is 12.9. The van der Waals surface area contributed by atoms with Crippen LogP contribution in [0.2, 0.25) is 0 Å². The van der Waals surface area contributed by atoms with Crippen LogP contribution in [0.25, 0.3) is 5.69 Å². The van der Waals surface area contributed by atoms with Crippen LogP contribution >= 0.6 is 11.3 Å². The van der Waals surface area contributed by atoms with Gasteiger partial charge in [0.15, 0.2) is 0 Å². The van der Waals surface area contributed by atoms with Gasteiger partial charge >= 0.3 is 0 Å². The first-order valence-corrected chi connectivity index (χ1v) is 9.86. The molecular formula is C20H18N4O3S. The largest absolute Gasteiger partial charge is 0.339 e. The van der Waals surface area contributed by atoms with Crippen molar-refractivity contribution < 1.29 is 9.59 Å². The van der Waals surface area contributed by atoms with Crippen molar-refractivity contribution >= 4 is 28.8 Å². The highest BCUT2D eigenvalue weighted by Crippen LogP contribution is 2.22. The second-order valence-corrected chi connectivity index (χ2v) is 7.18. The molecule has 1 atom stereocenters. The van der Waals surface area contributed by atoms with E-state index in [9.17, 15) is 14.4 Å². The van der Waals surface area contributed by atoms with Crippen molar-refractivity contribution in [1.82, 2.24) is 14.9 Å². The van der Waals surface area contributed by atoms with Crippen LogP contribution in [0.1, 0.15) is 23.3 Å². The number of piperidine rings is 1. The fourth-order valence-corrected chi connectivity index (χ4v) is 3.79. The zero-order chi connectivity index (χ0) is 19.5. The average molecular weight is 394 g/mol. The standard InChI is InChI=1S/C20H18N4O3S/c25-18-5-1-2-10-23(18)14-6-8-15(9-7-14)24-11-3-4-16(20(24)27)22-19(26)17-12-28-13-21-17/h1-2,5-10,12-13,16H,3-4,11H2,(H,22,26). The predicted octanol–water partition coefficient (Wildman–Crippen LogP) is 2.22.